The second-order valence-corrected chi connectivity index (χ2v) is 8.08. The van der Waals surface area contributed by atoms with Crippen LogP contribution >= 0.6 is 12.6 Å². The van der Waals surface area contributed by atoms with Gasteiger partial charge in [0, 0.05) is 44.0 Å². The molecule has 1 saturated heterocycles. The Bertz CT molecular complexity index is 1020. The molecule has 1 fully saturated rings. The molecule has 8 heteroatoms. The van der Waals surface area contributed by atoms with Crippen LogP contribution < -0.4 is 0 Å². The van der Waals surface area contributed by atoms with Crippen molar-refractivity contribution in [1.82, 2.24) is 14.7 Å². The highest BCUT2D eigenvalue weighted by atomic mass is 32.1. The fourth-order valence-electron chi connectivity index (χ4n) is 4.00. The molecule has 7 nitrogen and oxygen atoms in total. The molecule has 0 aliphatic carbocycles. The predicted molar refractivity (Wildman–Crippen MR) is 117 cm³/mol. The number of imide groups is 1. The van der Waals surface area contributed by atoms with Gasteiger partial charge in [-0.15, -0.1) is 12.6 Å². The SMILES string of the molecule is O=C(CCN1C(=O)c2ccccc2C1=O)N1CCCN(C(=O)c2ccccc2S)CC1. The third kappa shape index (κ3) is 4.20. The molecule has 0 bridgehead atoms. The van der Waals surface area contributed by atoms with Crippen molar-refractivity contribution >= 4 is 36.3 Å². The summed E-state index contributed by atoms with van der Waals surface area (Å²) in [6.45, 7) is 1.99. The van der Waals surface area contributed by atoms with Crippen LogP contribution in [0.2, 0.25) is 0 Å². The molecule has 0 spiro atoms. The Hall–Kier alpha value is -3.13. The van der Waals surface area contributed by atoms with E-state index in [4.69, 9.17) is 0 Å². The van der Waals surface area contributed by atoms with E-state index in [1.165, 1.54) is 0 Å². The van der Waals surface area contributed by atoms with E-state index in [-0.39, 0.29) is 36.6 Å². The molecular weight excluding hydrogens is 414 g/mol. The van der Waals surface area contributed by atoms with Crippen LogP contribution in [-0.2, 0) is 4.79 Å². The molecule has 2 aliphatic rings. The third-order valence-electron chi connectivity index (χ3n) is 5.70. The minimum absolute atomic E-state index is 0.0529. The van der Waals surface area contributed by atoms with E-state index >= 15 is 0 Å². The van der Waals surface area contributed by atoms with Crippen molar-refractivity contribution in [2.45, 2.75) is 17.7 Å². The molecule has 31 heavy (non-hydrogen) atoms. The zero-order valence-corrected chi connectivity index (χ0v) is 17.9. The van der Waals surface area contributed by atoms with E-state index in [0.29, 0.717) is 54.2 Å². The summed E-state index contributed by atoms with van der Waals surface area (Å²) in [5, 5.41) is 0. The molecule has 2 aliphatic heterocycles. The van der Waals surface area contributed by atoms with E-state index in [1.54, 1.807) is 52.3 Å². The minimum atomic E-state index is -0.355. The van der Waals surface area contributed by atoms with Crippen LogP contribution in [0, 0.1) is 0 Å². The molecular formula is C23H23N3O4S. The Kier molecular flexibility index (Phi) is 6.08. The van der Waals surface area contributed by atoms with Crippen molar-refractivity contribution in [1.29, 1.82) is 0 Å². The summed E-state index contributed by atoms with van der Waals surface area (Å²) in [5.41, 5.74) is 1.32. The van der Waals surface area contributed by atoms with Crippen molar-refractivity contribution in [3.05, 3.63) is 65.2 Å². The molecule has 0 atom stereocenters. The van der Waals surface area contributed by atoms with Crippen molar-refractivity contribution in [2.75, 3.05) is 32.7 Å². The Balaban J connectivity index is 1.33. The summed E-state index contributed by atoms with van der Waals surface area (Å²) in [4.78, 5) is 55.7. The van der Waals surface area contributed by atoms with Crippen LogP contribution in [0.5, 0.6) is 0 Å². The number of hydrogen-bond donors (Lipinski definition) is 1. The fourth-order valence-corrected chi connectivity index (χ4v) is 4.26. The first kappa shape index (κ1) is 21.1. The normalized spacial score (nSPS) is 16.4. The third-order valence-corrected chi connectivity index (χ3v) is 6.09. The van der Waals surface area contributed by atoms with Crippen LogP contribution in [0.4, 0.5) is 0 Å². The Morgan fingerprint density at radius 3 is 2.06 bits per heavy atom. The standard InChI is InChI=1S/C23H23N3O4S/c27-20(10-13-26-22(29)16-6-1-2-7-17(16)23(26)30)24-11-5-12-25(15-14-24)21(28)18-8-3-4-9-19(18)31/h1-4,6-9,31H,5,10-15H2. The van der Waals surface area contributed by atoms with Crippen LogP contribution in [0.3, 0.4) is 0 Å². The monoisotopic (exact) mass is 437 g/mol. The van der Waals surface area contributed by atoms with Crippen molar-refractivity contribution in [3.63, 3.8) is 0 Å². The maximum Gasteiger partial charge on any atom is 0.261 e. The number of carbonyl (C=O) groups excluding carboxylic acids is 4. The van der Waals surface area contributed by atoms with Crippen molar-refractivity contribution < 1.29 is 19.2 Å². The van der Waals surface area contributed by atoms with Gasteiger partial charge >= 0.3 is 0 Å². The van der Waals surface area contributed by atoms with Crippen LogP contribution in [0.15, 0.2) is 53.4 Å². The van der Waals surface area contributed by atoms with Crippen molar-refractivity contribution in [2.24, 2.45) is 0 Å². The van der Waals surface area contributed by atoms with Gasteiger partial charge in [0.25, 0.3) is 17.7 Å². The van der Waals surface area contributed by atoms with E-state index in [9.17, 15) is 19.2 Å². The topological polar surface area (TPSA) is 78.0 Å². The molecule has 0 saturated carbocycles. The summed E-state index contributed by atoms with van der Waals surface area (Å²) in [5.74, 6) is -0.927. The van der Waals surface area contributed by atoms with Crippen LogP contribution in [-0.4, -0.2) is 71.1 Å². The number of amides is 4. The molecule has 0 unspecified atom stereocenters. The zero-order chi connectivity index (χ0) is 22.0. The van der Waals surface area contributed by atoms with Gasteiger partial charge in [-0.1, -0.05) is 24.3 Å². The van der Waals surface area contributed by atoms with Gasteiger partial charge in [0.1, 0.15) is 0 Å². The van der Waals surface area contributed by atoms with Crippen molar-refractivity contribution in [3.8, 4) is 0 Å². The van der Waals surface area contributed by atoms with Gasteiger partial charge in [-0.2, -0.15) is 0 Å². The maximum atomic E-state index is 12.8. The molecule has 2 aromatic rings. The Labute approximate surface area is 186 Å². The molecule has 4 rings (SSSR count). The van der Waals surface area contributed by atoms with Gasteiger partial charge < -0.3 is 9.80 Å². The molecule has 160 valence electrons. The molecule has 4 amide bonds. The predicted octanol–water partition coefficient (Wildman–Crippen LogP) is 2.34. The maximum absolute atomic E-state index is 12.8. The first-order valence-corrected chi connectivity index (χ1v) is 10.7. The average molecular weight is 438 g/mol. The van der Waals surface area contributed by atoms with Gasteiger partial charge in [-0.3, -0.25) is 24.1 Å². The summed E-state index contributed by atoms with van der Waals surface area (Å²) in [6.07, 6.45) is 0.734. The highest BCUT2D eigenvalue weighted by Crippen LogP contribution is 2.23. The average Bonchev–Trinajstić information content (AvgIpc) is 2.94. The molecule has 2 aromatic carbocycles. The first-order valence-electron chi connectivity index (χ1n) is 10.3. The number of thiol groups is 1. The smallest absolute Gasteiger partial charge is 0.261 e. The molecule has 0 N–H and O–H groups in total. The zero-order valence-electron chi connectivity index (χ0n) is 17.0. The lowest BCUT2D eigenvalue weighted by Crippen LogP contribution is -2.39. The van der Waals surface area contributed by atoms with Gasteiger partial charge in [0.2, 0.25) is 5.91 Å². The quantitative estimate of drug-likeness (QED) is 0.588. The number of rotatable bonds is 4. The number of hydrogen-bond acceptors (Lipinski definition) is 5. The van der Waals surface area contributed by atoms with E-state index < -0.39 is 0 Å². The largest absolute Gasteiger partial charge is 0.341 e. The summed E-state index contributed by atoms with van der Waals surface area (Å²) in [7, 11) is 0. The highest BCUT2D eigenvalue weighted by molar-refractivity contribution is 7.80. The van der Waals surface area contributed by atoms with Gasteiger partial charge in [0.05, 0.1) is 16.7 Å². The van der Waals surface area contributed by atoms with E-state index in [1.807, 2.05) is 6.07 Å². The fraction of sp³-hybridized carbons (Fsp3) is 0.304. The lowest BCUT2D eigenvalue weighted by Gasteiger charge is -2.23. The number of carbonyl (C=O) groups is 4. The Morgan fingerprint density at radius 1 is 0.806 bits per heavy atom. The second-order valence-electron chi connectivity index (χ2n) is 7.60. The minimum Gasteiger partial charge on any atom is -0.341 e. The van der Waals surface area contributed by atoms with Gasteiger partial charge in [0.15, 0.2) is 0 Å². The van der Waals surface area contributed by atoms with Crippen LogP contribution in [0.25, 0.3) is 0 Å². The number of benzene rings is 2. The second kappa shape index (κ2) is 8.93. The molecule has 0 aromatic heterocycles. The lowest BCUT2D eigenvalue weighted by atomic mass is 10.1. The number of fused-ring (bicyclic) bond motifs is 1. The van der Waals surface area contributed by atoms with E-state index in [2.05, 4.69) is 12.6 Å². The van der Waals surface area contributed by atoms with Crippen LogP contribution in [0.1, 0.15) is 43.9 Å². The molecule has 2 heterocycles. The lowest BCUT2D eigenvalue weighted by molar-refractivity contribution is -0.131. The summed E-state index contributed by atoms with van der Waals surface area (Å²) < 4.78 is 0. The van der Waals surface area contributed by atoms with E-state index in [0.717, 1.165) is 4.90 Å². The number of nitrogens with zero attached hydrogens (tertiary/aromatic N) is 3. The summed E-state index contributed by atoms with van der Waals surface area (Å²) >= 11 is 4.37. The summed E-state index contributed by atoms with van der Waals surface area (Å²) in [6, 6.07) is 13.9. The Morgan fingerprint density at radius 2 is 1.39 bits per heavy atom. The van der Waals surface area contributed by atoms with Gasteiger partial charge in [-0.05, 0) is 30.7 Å². The first-order chi connectivity index (χ1) is 15.0. The molecule has 0 radical (unpaired) electrons. The highest BCUT2D eigenvalue weighted by Gasteiger charge is 2.35. The van der Waals surface area contributed by atoms with Gasteiger partial charge in [-0.25, -0.2) is 0 Å².